The summed E-state index contributed by atoms with van der Waals surface area (Å²) in [6, 6.07) is 101. The zero-order valence-corrected chi connectivity index (χ0v) is 49.2. The van der Waals surface area contributed by atoms with Crippen LogP contribution in [0.1, 0.15) is 0 Å². The zero-order chi connectivity index (χ0) is 61.3. The lowest BCUT2D eigenvalue weighted by atomic mass is 9.89. The van der Waals surface area contributed by atoms with Crippen LogP contribution in [0.25, 0.3) is 166 Å². The van der Waals surface area contributed by atoms with Gasteiger partial charge >= 0.3 is 0 Å². The van der Waals surface area contributed by atoms with Crippen LogP contribution in [0.2, 0.25) is 0 Å². The molecule has 0 amide bonds. The molecule has 8 heteroatoms. The number of fused-ring (bicyclic) bond motifs is 12. The Morgan fingerprint density at radius 1 is 0.152 bits per heavy atom. The molecule has 0 fully saturated rings. The fourth-order valence-corrected chi connectivity index (χ4v) is 14.3. The van der Waals surface area contributed by atoms with Gasteiger partial charge in [-0.3, -0.25) is 0 Å². The quantitative estimate of drug-likeness (QED) is 0.128. The maximum atomic E-state index is 14.5. The van der Waals surface area contributed by atoms with E-state index in [0.29, 0.717) is 0 Å². The van der Waals surface area contributed by atoms with Gasteiger partial charge in [-0.05, 0) is 262 Å². The largest absolute Gasteiger partial charge is 0.309 e. The van der Waals surface area contributed by atoms with Crippen LogP contribution in [0.4, 0.5) is 17.6 Å². The number of nitrogens with zero attached hydrogens (tertiary/aromatic N) is 4. The first kappa shape index (κ1) is 53.1. The molecule has 0 radical (unpaired) electrons. The molecule has 0 bridgehead atoms. The molecule has 18 rings (SSSR count). The van der Waals surface area contributed by atoms with Crippen molar-refractivity contribution in [2.45, 2.75) is 0 Å². The van der Waals surface area contributed by atoms with Crippen molar-refractivity contribution in [3.05, 3.63) is 327 Å². The van der Waals surface area contributed by atoms with Crippen LogP contribution in [0, 0.1) is 23.3 Å². The van der Waals surface area contributed by atoms with E-state index in [2.05, 4.69) is 200 Å². The summed E-state index contributed by atoms with van der Waals surface area (Å²) in [5, 5.41) is 8.62. The van der Waals surface area contributed by atoms with E-state index < -0.39 is 0 Å². The van der Waals surface area contributed by atoms with Gasteiger partial charge in [0.15, 0.2) is 0 Å². The van der Waals surface area contributed by atoms with Gasteiger partial charge in [-0.25, -0.2) is 17.6 Å². The molecule has 0 aliphatic rings. The first-order valence-electron chi connectivity index (χ1n) is 30.7. The minimum atomic E-state index is -0.288. The maximum Gasteiger partial charge on any atom is 0.123 e. The van der Waals surface area contributed by atoms with E-state index in [-0.39, 0.29) is 23.3 Å². The number of aromatic nitrogens is 4. The minimum absolute atomic E-state index is 0.288. The fourth-order valence-electron chi connectivity index (χ4n) is 14.3. The van der Waals surface area contributed by atoms with E-state index in [4.69, 9.17) is 0 Å². The second-order valence-corrected chi connectivity index (χ2v) is 23.8. The van der Waals surface area contributed by atoms with Gasteiger partial charge in [-0.15, -0.1) is 0 Å². The fraction of sp³-hybridized carbons (Fsp3) is 0. The molecule has 4 nitrogen and oxygen atoms in total. The molecule has 0 aliphatic carbocycles. The molecular formula is C84H50F4N4. The van der Waals surface area contributed by atoms with E-state index in [1.807, 2.05) is 72.8 Å². The van der Waals surface area contributed by atoms with E-state index in [1.54, 1.807) is 0 Å². The topological polar surface area (TPSA) is 19.7 Å². The first-order chi connectivity index (χ1) is 45.2. The molecule has 0 atom stereocenters. The van der Waals surface area contributed by atoms with Crippen LogP contribution in [-0.2, 0) is 0 Å². The molecule has 18 aromatic rings. The molecule has 0 spiro atoms. The van der Waals surface area contributed by atoms with E-state index in [9.17, 15) is 17.6 Å². The summed E-state index contributed by atoms with van der Waals surface area (Å²) < 4.78 is 66.6. The predicted molar refractivity (Wildman–Crippen MR) is 371 cm³/mol. The number of halogens is 4. The van der Waals surface area contributed by atoms with Crippen LogP contribution in [0.15, 0.2) is 303 Å². The summed E-state index contributed by atoms with van der Waals surface area (Å²) in [7, 11) is 0. The minimum Gasteiger partial charge on any atom is -0.309 e. The first-order valence-corrected chi connectivity index (χ1v) is 30.7. The number of hydrogen-bond acceptors (Lipinski definition) is 0. The van der Waals surface area contributed by atoms with Crippen molar-refractivity contribution >= 4 is 87.2 Å². The normalized spacial score (nSPS) is 11.9. The molecule has 0 saturated carbocycles. The second kappa shape index (κ2) is 20.8. The smallest absolute Gasteiger partial charge is 0.123 e. The average molecular weight is 1190 g/mol. The Balaban J connectivity index is 0.879. The molecule has 0 aliphatic heterocycles. The van der Waals surface area contributed by atoms with Crippen molar-refractivity contribution in [1.29, 1.82) is 0 Å². The number of para-hydroxylation sites is 4. The van der Waals surface area contributed by atoms with E-state index in [1.165, 1.54) is 48.5 Å². The maximum absolute atomic E-state index is 14.5. The number of benzene rings is 14. The molecule has 434 valence electrons. The van der Waals surface area contributed by atoms with Crippen LogP contribution in [-0.4, -0.2) is 18.3 Å². The van der Waals surface area contributed by atoms with Gasteiger partial charge in [0.25, 0.3) is 0 Å². The van der Waals surface area contributed by atoms with Crippen molar-refractivity contribution < 1.29 is 17.6 Å². The summed E-state index contributed by atoms with van der Waals surface area (Å²) >= 11 is 0. The molecular weight excluding hydrogens is 1140 g/mol. The monoisotopic (exact) mass is 1190 g/mol. The standard InChI is InChI=1S/C84H50F4N4/c85-61-21-29-65(30-22-61)89-77-13-5-1-9-69(77)73-47-51(17-37-81(73)89)55-41-56(52-18-38-82-74(48-52)70-10-2-6-14-78(70)90(82)66-31-23-62(86)24-32-66)44-59(43-55)60-45-57(53-19-39-83-75(49-53)71-11-3-7-15-79(71)91(83)67-33-25-63(87)26-34-67)42-58(46-60)54-20-40-84-76(50-54)72-12-4-8-16-80(72)92(84)68-35-27-64(88)28-36-68/h1-50H. The summed E-state index contributed by atoms with van der Waals surface area (Å²) in [5.74, 6) is -1.15. The van der Waals surface area contributed by atoms with Gasteiger partial charge in [0.2, 0.25) is 0 Å². The highest BCUT2D eigenvalue weighted by molar-refractivity contribution is 6.14. The zero-order valence-electron chi connectivity index (χ0n) is 49.2. The van der Waals surface area contributed by atoms with Gasteiger partial charge in [0.1, 0.15) is 23.3 Å². The Hall–Kier alpha value is -12.0. The predicted octanol–water partition coefficient (Wildman–Crippen LogP) is 23.0. The van der Waals surface area contributed by atoms with Crippen LogP contribution < -0.4 is 0 Å². The summed E-state index contributed by atoms with van der Waals surface area (Å²) in [6.07, 6.45) is 0. The molecule has 0 unspecified atom stereocenters. The van der Waals surface area contributed by atoms with Gasteiger partial charge in [0, 0.05) is 65.8 Å². The third-order valence-electron chi connectivity index (χ3n) is 18.6. The van der Waals surface area contributed by atoms with Gasteiger partial charge in [-0.1, -0.05) is 97.1 Å². The lowest BCUT2D eigenvalue weighted by Crippen LogP contribution is -1.94. The van der Waals surface area contributed by atoms with Crippen molar-refractivity contribution in [3.63, 3.8) is 0 Å². The van der Waals surface area contributed by atoms with Crippen LogP contribution in [0.3, 0.4) is 0 Å². The van der Waals surface area contributed by atoms with Crippen molar-refractivity contribution in [1.82, 2.24) is 18.3 Å². The van der Waals surface area contributed by atoms with Crippen LogP contribution >= 0.6 is 0 Å². The Labute approximate surface area is 525 Å². The third-order valence-corrected chi connectivity index (χ3v) is 18.6. The summed E-state index contributed by atoms with van der Waals surface area (Å²) in [6.45, 7) is 0. The third kappa shape index (κ3) is 8.59. The number of hydrogen-bond donors (Lipinski definition) is 0. The Kier molecular flexibility index (Phi) is 12.0. The number of rotatable bonds is 9. The highest BCUT2D eigenvalue weighted by Gasteiger charge is 2.21. The van der Waals surface area contributed by atoms with Crippen LogP contribution in [0.5, 0.6) is 0 Å². The highest BCUT2D eigenvalue weighted by Crippen LogP contribution is 2.44. The Morgan fingerprint density at radius 2 is 0.337 bits per heavy atom. The average Bonchev–Trinajstić information content (AvgIpc) is 1.61. The second-order valence-electron chi connectivity index (χ2n) is 23.8. The molecule has 0 saturated heterocycles. The van der Waals surface area contributed by atoms with Crippen molar-refractivity contribution in [2.24, 2.45) is 0 Å². The molecule has 4 aromatic heterocycles. The van der Waals surface area contributed by atoms with Crippen molar-refractivity contribution in [3.8, 4) is 78.4 Å². The van der Waals surface area contributed by atoms with Gasteiger partial charge in [0.05, 0.1) is 44.1 Å². The molecule has 4 heterocycles. The molecule has 0 N–H and O–H groups in total. The lowest BCUT2D eigenvalue weighted by molar-refractivity contribution is 0.627. The summed E-state index contributed by atoms with van der Waals surface area (Å²) in [5.41, 5.74) is 21.8. The van der Waals surface area contributed by atoms with Gasteiger partial charge < -0.3 is 18.3 Å². The highest BCUT2D eigenvalue weighted by atomic mass is 19.1. The van der Waals surface area contributed by atoms with E-state index >= 15 is 0 Å². The SMILES string of the molecule is Fc1ccc(-n2c3ccccc3c3cc(-c4cc(-c5cc(-c6ccc7c(c6)c6ccccc6n7-c6ccc(F)cc6)cc(-c6ccc7c(c6)c6ccccc6n7-c6ccc(F)cc6)c5)cc(-c5ccc6c(c5)c5ccccc5n6-c5ccc(F)cc5)c4)ccc32)cc1. The Morgan fingerprint density at radius 3 is 0.554 bits per heavy atom. The molecule has 14 aromatic carbocycles. The lowest BCUT2D eigenvalue weighted by Gasteiger charge is -2.16. The summed E-state index contributed by atoms with van der Waals surface area (Å²) in [4.78, 5) is 0. The van der Waals surface area contributed by atoms with Crippen molar-refractivity contribution in [2.75, 3.05) is 0 Å². The van der Waals surface area contributed by atoms with E-state index in [0.717, 1.165) is 166 Å². The van der Waals surface area contributed by atoms with Gasteiger partial charge in [-0.2, -0.15) is 0 Å². The molecule has 92 heavy (non-hydrogen) atoms. The Bertz CT molecular complexity index is 5290.